The lowest BCUT2D eigenvalue weighted by Gasteiger charge is -2.20. The van der Waals surface area contributed by atoms with E-state index in [2.05, 4.69) is 27.8 Å². The van der Waals surface area contributed by atoms with Crippen molar-refractivity contribution < 1.29 is 4.79 Å². The van der Waals surface area contributed by atoms with Gasteiger partial charge in [-0.25, -0.2) is 0 Å². The van der Waals surface area contributed by atoms with Gasteiger partial charge in [0.15, 0.2) is 6.29 Å². The van der Waals surface area contributed by atoms with Gasteiger partial charge in [0.25, 0.3) is 0 Å². The van der Waals surface area contributed by atoms with Crippen molar-refractivity contribution in [2.45, 2.75) is 19.8 Å². The second-order valence-electron chi connectivity index (χ2n) is 4.33. The number of aldehydes is 1. The molecule has 0 bridgehead atoms. The molecule has 1 aliphatic heterocycles. The van der Waals surface area contributed by atoms with Crippen LogP contribution in [0, 0.1) is 5.92 Å². The molecule has 16 heavy (non-hydrogen) atoms. The summed E-state index contributed by atoms with van der Waals surface area (Å²) in [5.74, 6) is 0.781. The number of nitrogens with zero attached hydrogens (tertiary/aromatic N) is 1. The van der Waals surface area contributed by atoms with Crippen LogP contribution in [0.1, 0.15) is 30.1 Å². The van der Waals surface area contributed by atoms with Crippen LogP contribution in [0.5, 0.6) is 0 Å². The Balaban J connectivity index is 2.24. The molecular weight excluding hydrogens is 266 g/mol. The smallest absolute Gasteiger partial charge is 0.152 e. The third-order valence-corrected chi connectivity index (χ3v) is 3.81. The number of carbonyl (C=O) groups excluding carboxylic acids is 1. The Labute approximate surface area is 105 Å². The Bertz CT molecular complexity index is 392. The first-order chi connectivity index (χ1) is 7.74. The largest absolute Gasteiger partial charge is 0.371 e. The predicted molar refractivity (Wildman–Crippen MR) is 70.1 cm³/mol. The number of hydrogen-bond donors (Lipinski definition) is 0. The zero-order valence-corrected chi connectivity index (χ0v) is 11.0. The lowest BCUT2D eigenvalue weighted by atomic mass is 10.1. The topological polar surface area (TPSA) is 20.3 Å². The molecule has 0 N–H and O–H groups in total. The number of benzene rings is 1. The Morgan fingerprint density at radius 3 is 3.00 bits per heavy atom. The van der Waals surface area contributed by atoms with Gasteiger partial charge in [-0.1, -0.05) is 29.3 Å². The fraction of sp³-hybridized carbons (Fsp3) is 0.462. The molecule has 3 heteroatoms. The van der Waals surface area contributed by atoms with Gasteiger partial charge in [-0.15, -0.1) is 0 Å². The van der Waals surface area contributed by atoms with Crippen molar-refractivity contribution in [2.24, 2.45) is 5.92 Å². The van der Waals surface area contributed by atoms with E-state index in [1.165, 1.54) is 12.8 Å². The monoisotopic (exact) mass is 281 g/mol. The minimum absolute atomic E-state index is 0.781. The second-order valence-corrected chi connectivity index (χ2v) is 5.25. The molecule has 2 nitrogen and oxygen atoms in total. The van der Waals surface area contributed by atoms with Crippen molar-refractivity contribution in [2.75, 3.05) is 18.0 Å². The lowest BCUT2D eigenvalue weighted by molar-refractivity contribution is 0.112. The highest BCUT2D eigenvalue weighted by Crippen LogP contribution is 2.29. The molecule has 0 radical (unpaired) electrons. The van der Waals surface area contributed by atoms with Crippen molar-refractivity contribution >= 4 is 27.9 Å². The SMILES string of the molecule is CCC1CCN(c2ccc(Br)cc2C=O)C1. The molecule has 1 atom stereocenters. The van der Waals surface area contributed by atoms with Gasteiger partial charge < -0.3 is 4.90 Å². The van der Waals surface area contributed by atoms with E-state index >= 15 is 0 Å². The number of halogens is 1. The zero-order valence-electron chi connectivity index (χ0n) is 9.45. The third kappa shape index (κ3) is 2.29. The predicted octanol–water partition coefficient (Wildman–Crippen LogP) is 3.50. The summed E-state index contributed by atoms with van der Waals surface area (Å²) in [5, 5.41) is 0. The highest BCUT2D eigenvalue weighted by Gasteiger charge is 2.22. The van der Waals surface area contributed by atoms with Crippen LogP contribution >= 0.6 is 15.9 Å². The minimum atomic E-state index is 0.781. The van der Waals surface area contributed by atoms with Crippen molar-refractivity contribution in [1.82, 2.24) is 0 Å². The Hall–Kier alpha value is -0.830. The van der Waals surface area contributed by atoms with Crippen LogP contribution in [0.25, 0.3) is 0 Å². The van der Waals surface area contributed by atoms with Crippen molar-refractivity contribution in [3.8, 4) is 0 Å². The molecule has 86 valence electrons. The molecule has 1 fully saturated rings. The fourth-order valence-electron chi connectivity index (χ4n) is 2.29. The molecule has 0 saturated carbocycles. The summed E-state index contributed by atoms with van der Waals surface area (Å²) < 4.78 is 0.963. The lowest BCUT2D eigenvalue weighted by Crippen LogP contribution is -2.20. The normalized spacial score (nSPS) is 20.1. The van der Waals surface area contributed by atoms with Crippen LogP contribution in [0.3, 0.4) is 0 Å². The van der Waals surface area contributed by atoms with E-state index in [1.807, 2.05) is 18.2 Å². The Morgan fingerprint density at radius 2 is 2.38 bits per heavy atom. The quantitative estimate of drug-likeness (QED) is 0.791. The maximum atomic E-state index is 11.0. The highest BCUT2D eigenvalue weighted by molar-refractivity contribution is 9.10. The maximum absolute atomic E-state index is 11.0. The van der Waals surface area contributed by atoms with Gasteiger partial charge in [0.05, 0.1) is 0 Å². The summed E-state index contributed by atoms with van der Waals surface area (Å²) in [7, 11) is 0. The van der Waals surface area contributed by atoms with Crippen LogP contribution in [-0.4, -0.2) is 19.4 Å². The summed E-state index contributed by atoms with van der Waals surface area (Å²) in [4.78, 5) is 13.4. The number of anilines is 1. The Kier molecular flexibility index (Phi) is 3.64. The second kappa shape index (κ2) is 5.00. The summed E-state index contributed by atoms with van der Waals surface area (Å²) >= 11 is 3.39. The van der Waals surface area contributed by atoms with E-state index in [-0.39, 0.29) is 0 Å². The van der Waals surface area contributed by atoms with E-state index in [1.54, 1.807) is 0 Å². The van der Waals surface area contributed by atoms with Gasteiger partial charge in [-0.2, -0.15) is 0 Å². The average molecular weight is 282 g/mol. The third-order valence-electron chi connectivity index (χ3n) is 3.32. The van der Waals surface area contributed by atoms with Gasteiger partial charge in [-0.05, 0) is 30.5 Å². The molecule has 1 saturated heterocycles. The summed E-state index contributed by atoms with van der Waals surface area (Å²) in [6, 6.07) is 5.93. The van der Waals surface area contributed by atoms with Gasteiger partial charge >= 0.3 is 0 Å². The van der Waals surface area contributed by atoms with Crippen molar-refractivity contribution in [3.63, 3.8) is 0 Å². The van der Waals surface area contributed by atoms with E-state index in [0.717, 1.165) is 41.0 Å². The molecule has 0 amide bonds. The van der Waals surface area contributed by atoms with Gasteiger partial charge in [0, 0.05) is 28.8 Å². The van der Waals surface area contributed by atoms with E-state index in [0.29, 0.717) is 0 Å². The van der Waals surface area contributed by atoms with E-state index < -0.39 is 0 Å². The first-order valence-corrected chi connectivity index (χ1v) is 6.53. The zero-order chi connectivity index (χ0) is 11.5. The standard InChI is InChI=1S/C13H16BrNO/c1-2-10-5-6-15(8-10)13-4-3-12(14)7-11(13)9-16/h3-4,7,9-10H,2,5-6,8H2,1H3. The molecule has 0 aromatic heterocycles. The minimum Gasteiger partial charge on any atom is -0.371 e. The number of hydrogen-bond acceptors (Lipinski definition) is 2. The summed E-state index contributed by atoms with van der Waals surface area (Å²) in [6.45, 7) is 4.39. The highest BCUT2D eigenvalue weighted by atomic mass is 79.9. The molecule has 0 aliphatic carbocycles. The average Bonchev–Trinajstić information content (AvgIpc) is 2.77. The molecule has 1 aromatic rings. The van der Waals surface area contributed by atoms with E-state index in [9.17, 15) is 4.79 Å². The van der Waals surface area contributed by atoms with Crippen LogP contribution in [-0.2, 0) is 0 Å². The van der Waals surface area contributed by atoms with Crippen molar-refractivity contribution in [3.05, 3.63) is 28.2 Å². The molecule has 0 spiro atoms. The van der Waals surface area contributed by atoms with Gasteiger partial charge in [0.2, 0.25) is 0 Å². The summed E-state index contributed by atoms with van der Waals surface area (Å²) in [5.41, 5.74) is 1.86. The first-order valence-electron chi connectivity index (χ1n) is 5.74. The summed E-state index contributed by atoms with van der Waals surface area (Å²) in [6.07, 6.45) is 3.41. The van der Waals surface area contributed by atoms with Gasteiger partial charge in [0.1, 0.15) is 0 Å². The Morgan fingerprint density at radius 1 is 1.56 bits per heavy atom. The number of carbonyl (C=O) groups is 1. The van der Waals surface area contributed by atoms with Crippen LogP contribution < -0.4 is 4.90 Å². The molecule has 1 heterocycles. The van der Waals surface area contributed by atoms with Crippen molar-refractivity contribution in [1.29, 1.82) is 0 Å². The first kappa shape index (κ1) is 11.6. The van der Waals surface area contributed by atoms with E-state index in [4.69, 9.17) is 0 Å². The maximum Gasteiger partial charge on any atom is 0.152 e. The molecule has 1 unspecified atom stereocenters. The molecule has 1 aliphatic rings. The van der Waals surface area contributed by atoms with Crippen LogP contribution in [0.2, 0.25) is 0 Å². The van der Waals surface area contributed by atoms with Gasteiger partial charge in [-0.3, -0.25) is 4.79 Å². The van der Waals surface area contributed by atoms with Crippen LogP contribution in [0.4, 0.5) is 5.69 Å². The number of rotatable bonds is 3. The molecule has 1 aromatic carbocycles. The van der Waals surface area contributed by atoms with Crippen LogP contribution in [0.15, 0.2) is 22.7 Å². The fourth-order valence-corrected chi connectivity index (χ4v) is 2.67. The molecule has 2 rings (SSSR count). The molecular formula is C13H16BrNO.